The standard InChI is InChI=1S/C12H10BrN3O2/c13-9-5-8(14)2-3-10(9)16-12(18)7-1-4-11(17)15-6-7/h1-6H,14H2,(H,15,17)(H,16,18). The third-order valence-corrected chi connectivity index (χ3v) is 2.94. The molecule has 0 atom stereocenters. The minimum absolute atomic E-state index is 0.250. The Morgan fingerprint density at radius 2 is 2.06 bits per heavy atom. The van der Waals surface area contributed by atoms with Gasteiger partial charge in [-0.15, -0.1) is 0 Å². The number of nitrogens with two attached hydrogens (primary N) is 1. The molecule has 92 valence electrons. The van der Waals surface area contributed by atoms with Crippen molar-refractivity contribution < 1.29 is 4.79 Å². The molecule has 5 nitrogen and oxygen atoms in total. The number of nitrogen functional groups attached to an aromatic ring is 1. The third-order valence-electron chi connectivity index (χ3n) is 2.29. The maximum absolute atomic E-state index is 11.9. The number of pyridine rings is 1. The summed E-state index contributed by atoms with van der Waals surface area (Å²) in [5, 5.41) is 2.71. The molecular formula is C12H10BrN3O2. The normalized spacial score (nSPS) is 10.1. The Morgan fingerprint density at radius 3 is 2.67 bits per heavy atom. The zero-order valence-corrected chi connectivity index (χ0v) is 10.8. The fraction of sp³-hybridized carbons (Fsp3) is 0. The average Bonchev–Trinajstić information content (AvgIpc) is 2.33. The highest BCUT2D eigenvalue weighted by Gasteiger charge is 2.08. The maximum atomic E-state index is 11.9. The number of rotatable bonds is 2. The molecule has 2 rings (SSSR count). The summed E-state index contributed by atoms with van der Waals surface area (Å²) >= 11 is 3.31. The van der Waals surface area contributed by atoms with Crippen molar-refractivity contribution in [3.63, 3.8) is 0 Å². The molecule has 1 heterocycles. The van der Waals surface area contributed by atoms with Crippen LogP contribution in [0.4, 0.5) is 11.4 Å². The number of nitrogens with one attached hydrogen (secondary N) is 2. The van der Waals surface area contributed by atoms with E-state index in [4.69, 9.17) is 5.73 Å². The Labute approximate surface area is 111 Å². The highest BCUT2D eigenvalue weighted by Crippen LogP contribution is 2.24. The second-order valence-electron chi connectivity index (χ2n) is 3.64. The molecule has 0 radical (unpaired) electrons. The van der Waals surface area contributed by atoms with Crippen LogP contribution in [0.5, 0.6) is 0 Å². The topological polar surface area (TPSA) is 88.0 Å². The number of anilines is 2. The van der Waals surface area contributed by atoms with Gasteiger partial charge in [-0.25, -0.2) is 0 Å². The van der Waals surface area contributed by atoms with Crippen LogP contribution in [0.3, 0.4) is 0 Å². The van der Waals surface area contributed by atoms with Crippen LogP contribution in [-0.2, 0) is 0 Å². The summed E-state index contributed by atoms with van der Waals surface area (Å²) in [6, 6.07) is 7.84. The molecule has 0 aliphatic rings. The van der Waals surface area contributed by atoms with Gasteiger partial charge >= 0.3 is 0 Å². The summed E-state index contributed by atoms with van der Waals surface area (Å²) in [6.07, 6.45) is 1.36. The lowest BCUT2D eigenvalue weighted by Gasteiger charge is -2.07. The minimum Gasteiger partial charge on any atom is -0.399 e. The molecule has 0 saturated carbocycles. The van der Waals surface area contributed by atoms with Gasteiger partial charge in [-0.2, -0.15) is 0 Å². The van der Waals surface area contributed by atoms with E-state index < -0.39 is 0 Å². The molecule has 0 fully saturated rings. The van der Waals surface area contributed by atoms with Gasteiger partial charge in [0.15, 0.2) is 0 Å². The second kappa shape index (κ2) is 5.05. The quantitative estimate of drug-likeness (QED) is 0.741. The lowest BCUT2D eigenvalue weighted by Crippen LogP contribution is -2.14. The summed E-state index contributed by atoms with van der Waals surface area (Å²) in [5.74, 6) is -0.309. The molecule has 1 aromatic carbocycles. The predicted molar refractivity (Wildman–Crippen MR) is 73.6 cm³/mol. The van der Waals surface area contributed by atoms with E-state index in [2.05, 4.69) is 26.2 Å². The Morgan fingerprint density at radius 1 is 1.28 bits per heavy atom. The number of aromatic amines is 1. The van der Waals surface area contributed by atoms with Crippen LogP contribution in [0.1, 0.15) is 10.4 Å². The smallest absolute Gasteiger partial charge is 0.257 e. The molecule has 4 N–H and O–H groups in total. The fourth-order valence-corrected chi connectivity index (χ4v) is 1.87. The van der Waals surface area contributed by atoms with Crippen LogP contribution in [-0.4, -0.2) is 10.9 Å². The van der Waals surface area contributed by atoms with Gasteiger partial charge in [0.1, 0.15) is 0 Å². The van der Waals surface area contributed by atoms with Gasteiger partial charge in [0.25, 0.3) is 5.91 Å². The highest BCUT2D eigenvalue weighted by atomic mass is 79.9. The van der Waals surface area contributed by atoms with Crippen molar-refractivity contribution in [2.45, 2.75) is 0 Å². The Hall–Kier alpha value is -2.08. The van der Waals surface area contributed by atoms with Crippen LogP contribution in [0, 0.1) is 0 Å². The summed E-state index contributed by atoms with van der Waals surface area (Å²) in [7, 11) is 0. The van der Waals surface area contributed by atoms with Gasteiger partial charge in [0, 0.05) is 22.4 Å². The lowest BCUT2D eigenvalue weighted by molar-refractivity contribution is 0.102. The zero-order chi connectivity index (χ0) is 13.1. The van der Waals surface area contributed by atoms with Crippen molar-refractivity contribution in [3.05, 3.63) is 56.9 Å². The number of carbonyl (C=O) groups excluding carboxylic acids is 1. The monoisotopic (exact) mass is 307 g/mol. The number of hydrogen-bond donors (Lipinski definition) is 3. The van der Waals surface area contributed by atoms with Gasteiger partial charge in [0.2, 0.25) is 5.56 Å². The third kappa shape index (κ3) is 2.78. The molecule has 0 aliphatic carbocycles. The SMILES string of the molecule is Nc1ccc(NC(=O)c2ccc(=O)[nH]c2)c(Br)c1. The van der Waals surface area contributed by atoms with E-state index in [1.54, 1.807) is 18.2 Å². The fourth-order valence-electron chi connectivity index (χ4n) is 1.38. The molecule has 1 aromatic heterocycles. The van der Waals surface area contributed by atoms with Crippen molar-refractivity contribution in [2.24, 2.45) is 0 Å². The van der Waals surface area contributed by atoms with E-state index in [0.29, 0.717) is 21.4 Å². The Bertz CT molecular complexity index is 632. The molecular weight excluding hydrogens is 298 g/mol. The molecule has 0 unspecified atom stereocenters. The van der Waals surface area contributed by atoms with E-state index in [1.807, 2.05) is 0 Å². The number of hydrogen-bond acceptors (Lipinski definition) is 3. The number of carbonyl (C=O) groups is 1. The summed E-state index contributed by atoms with van der Waals surface area (Å²) in [5.41, 5.74) is 6.94. The van der Waals surface area contributed by atoms with Crippen molar-refractivity contribution >= 4 is 33.2 Å². The summed E-state index contributed by atoms with van der Waals surface area (Å²) in [6.45, 7) is 0. The molecule has 0 bridgehead atoms. The van der Waals surface area contributed by atoms with Crippen LogP contribution in [0.15, 0.2) is 45.8 Å². The van der Waals surface area contributed by atoms with Crippen molar-refractivity contribution in [1.29, 1.82) is 0 Å². The van der Waals surface area contributed by atoms with Gasteiger partial charge in [-0.1, -0.05) is 0 Å². The number of benzene rings is 1. The maximum Gasteiger partial charge on any atom is 0.257 e. The van der Waals surface area contributed by atoms with E-state index in [1.165, 1.54) is 18.3 Å². The van der Waals surface area contributed by atoms with Crippen molar-refractivity contribution in [2.75, 3.05) is 11.1 Å². The van der Waals surface area contributed by atoms with Crippen molar-refractivity contribution in [3.8, 4) is 0 Å². The van der Waals surface area contributed by atoms with Gasteiger partial charge < -0.3 is 16.0 Å². The van der Waals surface area contributed by atoms with Gasteiger partial charge in [-0.3, -0.25) is 9.59 Å². The van der Waals surface area contributed by atoms with Gasteiger partial charge in [0.05, 0.1) is 11.3 Å². The summed E-state index contributed by atoms with van der Waals surface area (Å²) < 4.78 is 0.695. The van der Waals surface area contributed by atoms with Crippen LogP contribution in [0.2, 0.25) is 0 Å². The van der Waals surface area contributed by atoms with Crippen LogP contribution >= 0.6 is 15.9 Å². The Kier molecular flexibility index (Phi) is 3.47. The molecule has 18 heavy (non-hydrogen) atoms. The Balaban J connectivity index is 2.21. The van der Waals surface area contributed by atoms with Crippen LogP contribution in [0.25, 0.3) is 0 Å². The molecule has 2 aromatic rings. The van der Waals surface area contributed by atoms with E-state index in [9.17, 15) is 9.59 Å². The summed E-state index contributed by atoms with van der Waals surface area (Å²) in [4.78, 5) is 25.2. The average molecular weight is 308 g/mol. The first-order chi connectivity index (χ1) is 8.56. The molecule has 1 amide bonds. The lowest BCUT2D eigenvalue weighted by atomic mass is 10.2. The van der Waals surface area contributed by atoms with E-state index >= 15 is 0 Å². The second-order valence-corrected chi connectivity index (χ2v) is 4.49. The predicted octanol–water partition coefficient (Wildman–Crippen LogP) is 1.97. The molecule has 0 spiro atoms. The first kappa shape index (κ1) is 12.4. The number of aromatic nitrogens is 1. The zero-order valence-electron chi connectivity index (χ0n) is 9.24. The first-order valence-corrected chi connectivity index (χ1v) is 5.90. The number of amides is 1. The van der Waals surface area contributed by atoms with Gasteiger partial charge in [-0.05, 0) is 40.2 Å². The molecule has 0 aliphatic heterocycles. The van der Waals surface area contributed by atoms with E-state index in [0.717, 1.165) is 0 Å². The van der Waals surface area contributed by atoms with E-state index in [-0.39, 0.29) is 11.5 Å². The molecule has 6 heteroatoms. The minimum atomic E-state index is -0.309. The van der Waals surface area contributed by atoms with Crippen molar-refractivity contribution in [1.82, 2.24) is 4.98 Å². The largest absolute Gasteiger partial charge is 0.399 e. The first-order valence-electron chi connectivity index (χ1n) is 5.11. The molecule has 0 saturated heterocycles. The van der Waals surface area contributed by atoms with Crippen LogP contribution < -0.4 is 16.6 Å². The number of H-pyrrole nitrogens is 1. The highest BCUT2D eigenvalue weighted by molar-refractivity contribution is 9.10. The number of halogens is 1.